The molecule has 3 rings (SSSR count). The van der Waals surface area contributed by atoms with Crippen molar-refractivity contribution in [1.29, 1.82) is 0 Å². The third-order valence-corrected chi connectivity index (χ3v) is 5.23. The third kappa shape index (κ3) is 2.36. The first-order valence-electron chi connectivity index (χ1n) is 6.70. The molecule has 0 aromatic heterocycles. The van der Waals surface area contributed by atoms with E-state index in [2.05, 4.69) is 46.3 Å². The Morgan fingerprint density at radius 2 is 1.85 bits per heavy atom. The SMILES string of the molecule is COc1ccc(Br)cc1C(Cl)C1(c2ccccc2)CC1. The van der Waals surface area contributed by atoms with Crippen LogP contribution in [0.5, 0.6) is 5.75 Å². The zero-order chi connectivity index (χ0) is 14.2. The molecule has 0 bridgehead atoms. The van der Waals surface area contributed by atoms with Gasteiger partial charge in [0, 0.05) is 15.5 Å². The lowest BCUT2D eigenvalue weighted by molar-refractivity contribution is 0.406. The second-order valence-electron chi connectivity index (χ2n) is 5.27. The Morgan fingerprint density at radius 3 is 2.45 bits per heavy atom. The van der Waals surface area contributed by atoms with Gasteiger partial charge in [0.2, 0.25) is 0 Å². The number of alkyl halides is 1. The molecule has 0 aliphatic heterocycles. The molecule has 1 atom stereocenters. The quantitative estimate of drug-likeness (QED) is 0.664. The van der Waals surface area contributed by atoms with E-state index in [-0.39, 0.29) is 10.8 Å². The van der Waals surface area contributed by atoms with Gasteiger partial charge in [-0.25, -0.2) is 0 Å². The fraction of sp³-hybridized carbons (Fsp3) is 0.294. The minimum absolute atomic E-state index is 0.0525. The van der Waals surface area contributed by atoms with Gasteiger partial charge in [-0.2, -0.15) is 0 Å². The number of hydrogen-bond acceptors (Lipinski definition) is 1. The summed E-state index contributed by atoms with van der Waals surface area (Å²) in [6.07, 6.45) is 2.25. The minimum atomic E-state index is -0.0719. The molecule has 1 aliphatic carbocycles. The van der Waals surface area contributed by atoms with Gasteiger partial charge in [-0.15, -0.1) is 11.6 Å². The van der Waals surface area contributed by atoms with Crippen LogP contribution >= 0.6 is 27.5 Å². The zero-order valence-corrected chi connectivity index (χ0v) is 13.6. The predicted molar refractivity (Wildman–Crippen MR) is 86.6 cm³/mol. The van der Waals surface area contributed by atoms with E-state index in [1.807, 2.05) is 18.2 Å². The van der Waals surface area contributed by atoms with E-state index in [0.29, 0.717) is 0 Å². The van der Waals surface area contributed by atoms with Crippen LogP contribution in [0.15, 0.2) is 53.0 Å². The van der Waals surface area contributed by atoms with Crippen molar-refractivity contribution >= 4 is 27.5 Å². The number of halogens is 2. The fourth-order valence-electron chi connectivity index (χ4n) is 2.79. The number of ether oxygens (including phenoxy) is 1. The van der Waals surface area contributed by atoms with Gasteiger partial charge in [-0.1, -0.05) is 46.3 Å². The maximum Gasteiger partial charge on any atom is 0.123 e. The first-order chi connectivity index (χ1) is 9.67. The van der Waals surface area contributed by atoms with E-state index < -0.39 is 0 Å². The van der Waals surface area contributed by atoms with Crippen LogP contribution in [0.2, 0.25) is 0 Å². The van der Waals surface area contributed by atoms with Gasteiger partial charge in [0.15, 0.2) is 0 Å². The third-order valence-electron chi connectivity index (χ3n) is 4.09. The maximum absolute atomic E-state index is 6.85. The molecular formula is C17H16BrClO. The standard InChI is InChI=1S/C17H16BrClO/c1-20-15-8-7-13(18)11-14(15)16(19)17(9-10-17)12-5-3-2-4-6-12/h2-8,11,16H,9-10H2,1H3. The average Bonchev–Trinajstić information content (AvgIpc) is 3.29. The highest BCUT2D eigenvalue weighted by atomic mass is 79.9. The molecule has 104 valence electrons. The number of rotatable bonds is 4. The van der Waals surface area contributed by atoms with E-state index in [4.69, 9.17) is 16.3 Å². The molecule has 20 heavy (non-hydrogen) atoms. The van der Waals surface area contributed by atoms with Gasteiger partial charge in [0.1, 0.15) is 5.75 Å². The summed E-state index contributed by atoms with van der Waals surface area (Å²) in [7, 11) is 1.69. The van der Waals surface area contributed by atoms with Gasteiger partial charge in [-0.05, 0) is 36.6 Å². The second-order valence-corrected chi connectivity index (χ2v) is 6.62. The van der Waals surface area contributed by atoms with E-state index in [1.54, 1.807) is 7.11 Å². The topological polar surface area (TPSA) is 9.23 Å². The van der Waals surface area contributed by atoms with E-state index in [0.717, 1.165) is 28.6 Å². The van der Waals surface area contributed by atoms with Crippen LogP contribution in [0.1, 0.15) is 29.3 Å². The van der Waals surface area contributed by atoms with Crippen LogP contribution in [0.3, 0.4) is 0 Å². The molecule has 1 nitrogen and oxygen atoms in total. The van der Waals surface area contributed by atoms with Crippen LogP contribution < -0.4 is 4.74 Å². The summed E-state index contributed by atoms with van der Waals surface area (Å²) >= 11 is 10.4. The van der Waals surface area contributed by atoms with Crippen molar-refractivity contribution in [3.05, 3.63) is 64.1 Å². The smallest absolute Gasteiger partial charge is 0.123 e. The molecule has 2 aromatic carbocycles. The Hall–Kier alpha value is -0.990. The summed E-state index contributed by atoms with van der Waals surface area (Å²) in [6, 6.07) is 16.6. The van der Waals surface area contributed by atoms with Gasteiger partial charge < -0.3 is 4.74 Å². The number of benzene rings is 2. The molecule has 1 unspecified atom stereocenters. The highest BCUT2D eigenvalue weighted by Crippen LogP contribution is 2.60. The molecule has 0 radical (unpaired) electrons. The molecule has 0 N–H and O–H groups in total. The lowest BCUT2D eigenvalue weighted by Gasteiger charge is -2.24. The summed E-state index contributed by atoms with van der Waals surface area (Å²) in [5.41, 5.74) is 2.43. The molecule has 0 spiro atoms. The fourth-order valence-corrected chi connectivity index (χ4v) is 3.69. The number of methoxy groups -OCH3 is 1. The molecule has 0 heterocycles. The molecule has 0 amide bonds. The van der Waals surface area contributed by atoms with Crippen molar-refractivity contribution in [3.8, 4) is 5.75 Å². The average molecular weight is 352 g/mol. The Morgan fingerprint density at radius 1 is 1.15 bits per heavy atom. The van der Waals surface area contributed by atoms with Crippen molar-refractivity contribution in [2.75, 3.05) is 7.11 Å². The Labute approximate surface area is 133 Å². The second kappa shape index (κ2) is 5.42. The maximum atomic E-state index is 6.85. The van der Waals surface area contributed by atoms with E-state index >= 15 is 0 Å². The van der Waals surface area contributed by atoms with Crippen molar-refractivity contribution in [2.24, 2.45) is 0 Å². The number of hydrogen-bond donors (Lipinski definition) is 0. The largest absolute Gasteiger partial charge is 0.496 e. The van der Waals surface area contributed by atoms with E-state index in [9.17, 15) is 0 Å². The van der Waals surface area contributed by atoms with Crippen molar-refractivity contribution in [3.63, 3.8) is 0 Å². The molecule has 0 saturated heterocycles. The summed E-state index contributed by atoms with van der Waals surface area (Å²) < 4.78 is 6.51. The first-order valence-corrected chi connectivity index (χ1v) is 7.93. The van der Waals surface area contributed by atoms with E-state index in [1.165, 1.54) is 5.56 Å². The molecular weight excluding hydrogens is 336 g/mol. The summed E-state index contributed by atoms with van der Waals surface area (Å²) in [5.74, 6) is 0.857. The normalized spacial score (nSPS) is 17.6. The van der Waals surface area contributed by atoms with Crippen molar-refractivity contribution < 1.29 is 4.74 Å². The molecule has 1 fully saturated rings. The Balaban J connectivity index is 2.01. The van der Waals surface area contributed by atoms with Crippen LogP contribution in [0, 0.1) is 0 Å². The van der Waals surface area contributed by atoms with Crippen molar-refractivity contribution in [2.45, 2.75) is 23.6 Å². The van der Waals surface area contributed by atoms with Crippen LogP contribution in [0.25, 0.3) is 0 Å². The van der Waals surface area contributed by atoms with Crippen molar-refractivity contribution in [1.82, 2.24) is 0 Å². The van der Waals surface area contributed by atoms with Crippen LogP contribution in [-0.2, 0) is 5.41 Å². The van der Waals surface area contributed by atoms with Gasteiger partial charge in [0.25, 0.3) is 0 Å². The molecule has 1 aliphatic rings. The Bertz CT molecular complexity index is 608. The predicted octanol–water partition coefficient (Wildman–Crippen LogP) is 5.47. The van der Waals surface area contributed by atoms with Crippen LogP contribution in [-0.4, -0.2) is 7.11 Å². The first kappa shape index (κ1) is 14.0. The van der Waals surface area contributed by atoms with Gasteiger partial charge >= 0.3 is 0 Å². The summed E-state index contributed by atoms with van der Waals surface area (Å²) in [6.45, 7) is 0. The monoisotopic (exact) mass is 350 g/mol. The molecule has 3 heteroatoms. The molecule has 1 saturated carbocycles. The highest BCUT2D eigenvalue weighted by Gasteiger charge is 2.51. The zero-order valence-electron chi connectivity index (χ0n) is 11.3. The summed E-state index contributed by atoms with van der Waals surface area (Å²) in [4.78, 5) is 0. The van der Waals surface area contributed by atoms with Gasteiger partial charge in [0.05, 0.1) is 12.5 Å². The minimum Gasteiger partial charge on any atom is -0.496 e. The highest BCUT2D eigenvalue weighted by molar-refractivity contribution is 9.10. The Kier molecular flexibility index (Phi) is 3.78. The van der Waals surface area contributed by atoms with Gasteiger partial charge in [-0.3, -0.25) is 0 Å². The molecule has 2 aromatic rings. The lowest BCUT2D eigenvalue weighted by Crippen LogP contribution is -2.14. The van der Waals surface area contributed by atoms with Crippen LogP contribution in [0.4, 0.5) is 0 Å². The summed E-state index contributed by atoms with van der Waals surface area (Å²) in [5, 5.41) is -0.0719. The lowest BCUT2D eigenvalue weighted by atomic mass is 9.88.